The van der Waals surface area contributed by atoms with E-state index in [0.29, 0.717) is 12.1 Å². The van der Waals surface area contributed by atoms with Gasteiger partial charge in [-0.25, -0.2) is 0 Å². The Kier molecular flexibility index (Phi) is 3.04. The van der Waals surface area contributed by atoms with E-state index >= 15 is 0 Å². The topological polar surface area (TPSA) is 96.5 Å². The zero-order valence-electron chi connectivity index (χ0n) is 10.1. The van der Waals surface area contributed by atoms with Gasteiger partial charge in [-0.3, -0.25) is 14.6 Å². The van der Waals surface area contributed by atoms with Gasteiger partial charge in [0.2, 0.25) is 0 Å². The third-order valence-corrected chi connectivity index (χ3v) is 3.14. The van der Waals surface area contributed by atoms with Gasteiger partial charge in [0.25, 0.3) is 5.91 Å². The Morgan fingerprint density at radius 1 is 1.50 bits per heavy atom. The lowest BCUT2D eigenvalue weighted by Gasteiger charge is -2.20. The van der Waals surface area contributed by atoms with Crippen molar-refractivity contribution < 1.29 is 14.7 Å². The van der Waals surface area contributed by atoms with Gasteiger partial charge in [-0.05, 0) is 25.0 Å². The predicted octanol–water partition coefficient (Wildman–Crippen LogP) is 0.0180. The van der Waals surface area contributed by atoms with E-state index in [-0.39, 0.29) is 18.9 Å². The number of carboxylic acid groups (broad SMARTS) is 1. The molecule has 0 aliphatic carbocycles. The van der Waals surface area contributed by atoms with Crippen LogP contribution in [0.2, 0.25) is 0 Å². The van der Waals surface area contributed by atoms with Crippen LogP contribution in [0.25, 0.3) is 0 Å². The molecule has 18 heavy (non-hydrogen) atoms. The third-order valence-electron chi connectivity index (χ3n) is 3.14. The van der Waals surface area contributed by atoms with Crippen LogP contribution in [0.1, 0.15) is 22.3 Å². The first-order valence-corrected chi connectivity index (χ1v) is 5.65. The Labute approximate surface area is 104 Å². The van der Waals surface area contributed by atoms with Gasteiger partial charge in [-0.15, -0.1) is 0 Å². The van der Waals surface area contributed by atoms with Crippen LogP contribution in [-0.4, -0.2) is 45.5 Å². The zero-order chi connectivity index (χ0) is 13.3. The van der Waals surface area contributed by atoms with Gasteiger partial charge in [0.05, 0.1) is 5.56 Å². The fraction of sp³-hybridized carbons (Fsp3) is 0.417. The molecule has 1 aromatic rings. The second-order valence-electron chi connectivity index (χ2n) is 4.69. The molecule has 1 aliphatic rings. The molecule has 6 nitrogen and oxygen atoms in total. The molecule has 96 valence electrons. The minimum absolute atomic E-state index is 0.0368. The van der Waals surface area contributed by atoms with Gasteiger partial charge in [-0.2, -0.15) is 0 Å². The normalized spacial score (nSPS) is 23.1. The summed E-state index contributed by atoms with van der Waals surface area (Å²) in [6, 6.07) is 1.73. The van der Waals surface area contributed by atoms with E-state index in [1.807, 2.05) is 6.92 Å². The smallest absolute Gasteiger partial charge is 0.325 e. The summed E-state index contributed by atoms with van der Waals surface area (Å²) in [6.07, 6.45) is 3.41. The van der Waals surface area contributed by atoms with Crippen LogP contribution in [-0.2, 0) is 4.79 Å². The first-order chi connectivity index (χ1) is 8.42. The Hall–Kier alpha value is -1.95. The van der Waals surface area contributed by atoms with Gasteiger partial charge < -0.3 is 15.7 Å². The Morgan fingerprint density at radius 3 is 2.78 bits per heavy atom. The van der Waals surface area contributed by atoms with E-state index < -0.39 is 11.5 Å². The minimum atomic E-state index is -1.33. The lowest BCUT2D eigenvalue weighted by atomic mass is 10.0. The molecule has 3 N–H and O–H groups in total. The number of pyridine rings is 1. The highest BCUT2D eigenvalue weighted by Crippen LogP contribution is 2.21. The molecule has 0 spiro atoms. The number of aryl methyl sites for hydroxylation is 1. The molecule has 1 atom stereocenters. The molecule has 2 heterocycles. The first-order valence-electron chi connectivity index (χ1n) is 5.65. The number of amides is 1. The van der Waals surface area contributed by atoms with Crippen LogP contribution in [0, 0.1) is 6.92 Å². The van der Waals surface area contributed by atoms with E-state index in [1.54, 1.807) is 12.3 Å². The molecule has 0 bridgehead atoms. The van der Waals surface area contributed by atoms with E-state index in [9.17, 15) is 9.59 Å². The molecule has 2 rings (SSSR count). The molecule has 1 amide bonds. The number of nitrogens with zero attached hydrogens (tertiary/aromatic N) is 2. The summed E-state index contributed by atoms with van der Waals surface area (Å²) in [6.45, 7) is 2.24. The maximum absolute atomic E-state index is 12.1. The van der Waals surface area contributed by atoms with E-state index in [2.05, 4.69) is 4.98 Å². The summed E-state index contributed by atoms with van der Waals surface area (Å²) in [5, 5.41) is 9.01. The summed E-state index contributed by atoms with van der Waals surface area (Å²) >= 11 is 0. The summed E-state index contributed by atoms with van der Waals surface area (Å²) < 4.78 is 0. The van der Waals surface area contributed by atoms with Gasteiger partial charge in [0.1, 0.15) is 5.54 Å². The lowest BCUT2D eigenvalue weighted by Crippen LogP contribution is -2.50. The largest absolute Gasteiger partial charge is 0.480 e. The third kappa shape index (κ3) is 2.19. The van der Waals surface area contributed by atoms with Crippen LogP contribution < -0.4 is 5.73 Å². The van der Waals surface area contributed by atoms with Crippen molar-refractivity contribution in [2.45, 2.75) is 18.9 Å². The van der Waals surface area contributed by atoms with Gasteiger partial charge in [0, 0.05) is 25.5 Å². The Bertz CT molecular complexity index is 503. The predicted molar refractivity (Wildman–Crippen MR) is 64.0 cm³/mol. The number of aromatic nitrogens is 1. The van der Waals surface area contributed by atoms with Crippen LogP contribution in [0.15, 0.2) is 18.5 Å². The lowest BCUT2D eigenvalue weighted by molar-refractivity contribution is -0.142. The van der Waals surface area contributed by atoms with Gasteiger partial charge in [-0.1, -0.05) is 0 Å². The summed E-state index contributed by atoms with van der Waals surface area (Å²) in [5.74, 6) is -1.29. The maximum atomic E-state index is 12.1. The Morgan fingerprint density at radius 2 is 2.22 bits per heavy atom. The fourth-order valence-corrected chi connectivity index (χ4v) is 2.04. The van der Waals surface area contributed by atoms with Crippen molar-refractivity contribution in [3.8, 4) is 0 Å². The van der Waals surface area contributed by atoms with Gasteiger partial charge in [0.15, 0.2) is 0 Å². The number of nitrogens with two attached hydrogens (primary N) is 1. The number of likely N-dealkylation sites (tertiary alicyclic amines) is 1. The molecule has 1 aromatic heterocycles. The number of aliphatic carboxylic acids is 1. The Balaban J connectivity index is 2.15. The molecule has 1 saturated heterocycles. The molecule has 0 aromatic carbocycles. The van der Waals surface area contributed by atoms with Crippen molar-refractivity contribution in [1.29, 1.82) is 0 Å². The second kappa shape index (κ2) is 4.38. The summed E-state index contributed by atoms with van der Waals surface area (Å²) in [5.41, 5.74) is 5.75. The standard InChI is InChI=1S/C12H15N3O3/c1-8-4-9(6-14-5-8)10(16)15-3-2-12(13,7-15)11(17)18/h4-6H,2-3,7,13H2,1H3,(H,17,18). The molecule has 1 unspecified atom stereocenters. The molecule has 6 heteroatoms. The quantitative estimate of drug-likeness (QED) is 0.770. The van der Waals surface area contributed by atoms with E-state index in [4.69, 9.17) is 10.8 Å². The zero-order valence-corrected chi connectivity index (χ0v) is 10.1. The summed E-state index contributed by atoms with van der Waals surface area (Å²) in [7, 11) is 0. The monoisotopic (exact) mass is 249 g/mol. The number of carbonyl (C=O) groups is 2. The molecular formula is C12H15N3O3. The molecule has 1 fully saturated rings. The van der Waals surface area contributed by atoms with Crippen molar-refractivity contribution in [3.05, 3.63) is 29.6 Å². The van der Waals surface area contributed by atoms with Crippen molar-refractivity contribution >= 4 is 11.9 Å². The molecule has 0 radical (unpaired) electrons. The molecule has 1 aliphatic heterocycles. The number of hydrogen-bond acceptors (Lipinski definition) is 4. The van der Waals surface area contributed by atoms with Crippen molar-refractivity contribution in [2.75, 3.05) is 13.1 Å². The summed E-state index contributed by atoms with van der Waals surface area (Å²) in [4.78, 5) is 28.6. The SMILES string of the molecule is Cc1cncc(C(=O)N2CCC(N)(C(=O)O)C2)c1. The maximum Gasteiger partial charge on any atom is 0.325 e. The highest BCUT2D eigenvalue weighted by molar-refractivity contribution is 5.95. The highest BCUT2D eigenvalue weighted by Gasteiger charge is 2.43. The molecule has 0 saturated carbocycles. The number of hydrogen-bond donors (Lipinski definition) is 2. The van der Waals surface area contributed by atoms with Crippen molar-refractivity contribution in [2.24, 2.45) is 5.73 Å². The highest BCUT2D eigenvalue weighted by atomic mass is 16.4. The van der Waals surface area contributed by atoms with Crippen molar-refractivity contribution in [1.82, 2.24) is 9.88 Å². The number of carboxylic acids is 1. The average molecular weight is 249 g/mol. The molecular weight excluding hydrogens is 234 g/mol. The van der Waals surface area contributed by atoms with Crippen LogP contribution >= 0.6 is 0 Å². The number of rotatable bonds is 2. The van der Waals surface area contributed by atoms with E-state index in [0.717, 1.165) is 5.56 Å². The van der Waals surface area contributed by atoms with E-state index in [1.165, 1.54) is 11.1 Å². The van der Waals surface area contributed by atoms with Crippen LogP contribution in [0.5, 0.6) is 0 Å². The second-order valence-corrected chi connectivity index (χ2v) is 4.69. The fourth-order valence-electron chi connectivity index (χ4n) is 2.04. The first kappa shape index (κ1) is 12.5. The van der Waals surface area contributed by atoms with Crippen LogP contribution in [0.4, 0.5) is 0 Å². The van der Waals surface area contributed by atoms with Gasteiger partial charge >= 0.3 is 5.97 Å². The minimum Gasteiger partial charge on any atom is -0.480 e. The van der Waals surface area contributed by atoms with Crippen molar-refractivity contribution in [3.63, 3.8) is 0 Å². The average Bonchev–Trinajstić information content (AvgIpc) is 2.72. The number of carbonyl (C=O) groups excluding carboxylic acids is 1. The van der Waals surface area contributed by atoms with Crippen LogP contribution in [0.3, 0.4) is 0 Å².